The highest BCUT2D eigenvalue weighted by Gasteiger charge is 2.41. The fourth-order valence-corrected chi connectivity index (χ4v) is 8.18. The second-order valence-electron chi connectivity index (χ2n) is 6.30. The number of aliphatic hydroxyl groups is 1. The molecule has 0 amide bonds. The van der Waals surface area contributed by atoms with Crippen LogP contribution in [0.5, 0.6) is 0 Å². The Morgan fingerprint density at radius 2 is 1.50 bits per heavy atom. The van der Waals surface area contributed by atoms with Gasteiger partial charge in [-0.2, -0.15) is 0 Å². The highest BCUT2D eigenvalue weighted by molar-refractivity contribution is 6.90. The van der Waals surface area contributed by atoms with Gasteiger partial charge in [-0.25, -0.2) is 0 Å². The third kappa shape index (κ3) is 5.20. The lowest BCUT2D eigenvalue weighted by molar-refractivity contribution is 0.223. The molecule has 112 valence electrons. The lowest BCUT2D eigenvalue weighted by Gasteiger charge is -2.37. The average molecular weight is 291 g/mol. The summed E-state index contributed by atoms with van der Waals surface area (Å²) in [7, 11) is -1.69. The Morgan fingerprint density at radius 3 is 1.90 bits per heavy atom. The van der Waals surface area contributed by atoms with Gasteiger partial charge in [0.15, 0.2) is 0 Å². The maximum absolute atomic E-state index is 9.66. The molecule has 0 aliphatic heterocycles. The van der Waals surface area contributed by atoms with Crippen molar-refractivity contribution in [2.75, 3.05) is 0 Å². The van der Waals surface area contributed by atoms with Crippen molar-refractivity contribution in [3.8, 4) is 23.3 Å². The molecule has 0 aliphatic carbocycles. The normalized spacial score (nSPS) is 12.7. The third-order valence-electron chi connectivity index (χ3n) is 4.09. The van der Waals surface area contributed by atoms with E-state index in [0.717, 1.165) is 6.42 Å². The Balaban J connectivity index is 5.09. The van der Waals surface area contributed by atoms with Crippen LogP contribution in [0.2, 0.25) is 16.6 Å². The van der Waals surface area contributed by atoms with E-state index in [1.165, 1.54) is 0 Å². The molecule has 0 fully saturated rings. The predicted octanol–water partition coefficient (Wildman–Crippen LogP) is 4.54. The van der Waals surface area contributed by atoms with Crippen molar-refractivity contribution in [1.29, 1.82) is 0 Å². The topological polar surface area (TPSA) is 20.2 Å². The molecule has 1 nitrogen and oxygen atoms in total. The van der Waals surface area contributed by atoms with E-state index in [0.29, 0.717) is 23.0 Å². The summed E-state index contributed by atoms with van der Waals surface area (Å²) in [5.41, 5.74) is 5.37. The monoisotopic (exact) mass is 290 g/mol. The van der Waals surface area contributed by atoms with E-state index in [2.05, 4.69) is 71.4 Å². The van der Waals surface area contributed by atoms with Crippen LogP contribution in [0.25, 0.3) is 0 Å². The summed E-state index contributed by atoms with van der Waals surface area (Å²) in [5, 5.41) is 9.66. The average Bonchev–Trinajstić information content (AvgIpc) is 2.34. The molecule has 20 heavy (non-hydrogen) atoms. The smallest absolute Gasteiger partial charge is 0.147 e. The molecule has 0 aromatic heterocycles. The predicted molar refractivity (Wildman–Crippen MR) is 92.0 cm³/mol. The summed E-state index contributed by atoms with van der Waals surface area (Å²) in [6.07, 6.45) is 2.63. The van der Waals surface area contributed by atoms with E-state index in [1.807, 2.05) is 0 Å². The Hall–Kier alpha value is -0.963. The first-order valence-electron chi connectivity index (χ1n) is 7.60. The zero-order chi connectivity index (χ0) is 15.8. The summed E-state index contributed by atoms with van der Waals surface area (Å²) in [6, 6.07) is 0. The minimum atomic E-state index is -1.69. The van der Waals surface area contributed by atoms with E-state index in [-0.39, 0.29) is 0 Å². The maximum atomic E-state index is 9.66. The zero-order valence-electron chi connectivity index (χ0n) is 14.0. The van der Waals surface area contributed by atoms with E-state index in [1.54, 1.807) is 6.08 Å². The lowest BCUT2D eigenvalue weighted by atomic mass is 10.2. The molecule has 0 saturated heterocycles. The molecule has 0 bridgehead atoms. The molecule has 0 aromatic rings. The van der Waals surface area contributed by atoms with Gasteiger partial charge in [0.2, 0.25) is 0 Å². The largest absolute Gasteiger partial charge is 0.380 e. The van der Waals surface area contributed by atoms with Gasteiger partial charge in [-0.3, -0.25) is 0 Å². The Bertz CT molecular complexity index is 390. The minimum Gasteiger partial charge on any atom is -0.380 e. The molecule has 0 rings (SSSR count). The number of hydrogen-bond acceptors (Lipinski definition) is 1. The summed E-state index contributed by atoms with van der Waals surface area (Å²) < 4.78 is 0. The summed E-state index contributed by atoms with van der Waals surface area (Å²) in [6.45, 7) is 17.3. The Morgan fingerprint density at radius 1 is 1.00 bits per heavy atom. The van der Waals surface area contributed by atoms with Gasteiger partial charge < -0.3 is 5.11 Å². The fourth-order valence-electron chi connectivity index (χ4n) is 3.04. The maximum Gasteiger partial charge on any atom is 0.147 e. The highest BCUT2D eigenvalue weighted by atomic mass is 28.3. The summed E-state index contributed by atoms with van der Waals surface area (Å²) in [4.78, 5) is 0. The molecular weight excluding hydrogens is 260 g/mol. The van der Waals surface area contributed by atoms with Gasteiger partial charge in [-0.15, -0.1) is 12.1 Å². The van der Waals surface area contributed by atoms with Gasteiger partial charge in [0.1, 0.15) is 14.2 Å². The van der Waals surface area contributed by atoms with Crippen LogP contribution in [0.3, 0.4) is 0 Å². The van der Waals surface area contributed by atoms with E-state index in [9.17, 15) is 5.11 Å². The van der Waals surface area contributed by atoms with Crippen molar-refractivity contribution in [3.63, 3.8) is 0 Å². The number of aliphatic hydroxyl groups excluding tert-OH is 1. The number of rotatable bonds is 6. The highest BCUT2D eigenvalue weighted by Crippen LogP contribution is 2.40. The first kappa shape index (κ1) is 19.0. The summed E-state index contributed by atoms with van der Waals surface area (Å²) in [5.74, 6) is 8.71. The molecule has 0 unspecified atom stereocenters. The second-order valence-corrected chi connectivity index (χ2v) is 11.9. The van der Waals surface area contributed by atoms with Crippen LogP contribution < -0.4 is 0 Å². The minimum absolute atomic E-state index is 0.587. The van der Waals surface area contributed by atoms with Gasteiger partial charge in [-0.05, 0) is 41.3 Å². The molecule has 0 spiro atoms. The quantitative estimate of drug-likeness (QED) is 0.432. The molecular formula is C18H30OSi. The Kier molecular flexibility index (Phi) is 8.62. The molecule has 1 atom stereocenters. The molecule has 0 radical (unpaired) electrons. The van der Waals surface area contributed by atoms with Crippen LogP contribution in [-0.2, 0) is 0 Å². The first-order chi connectivity index (χ1) is 9.28. The molecule has 2 heteroatoms. The SMILES string of the molecule is C=CCC[C@@H](O)C#CC#C[Si](C(C)C)(C(C)C)C(C)C. The molecule has 0 saturated carbocycles. The molecule has 0 aliphatic rings. The van der Waals surface area contributed by atoms with Crippen molar-refractivity contribution in [2.45, 2.75) is 77.1 Å². The van der Waals surface area contributed by atoms with Crippen molar-refractivity contribution in [3.05, 3.63) is 12.7 Å². The van der Waals surface area contributed by atoms with E-state index < -0.39 is 14.2 Å². The summed E-state index contributed by atoms with van der Waals surface area (Å²) >= 11 is 0. The van der Waals surface area contributed by atoms with E-state index in [4.69, 9.17) is 0 Å². The lowest BCUT2D eigenvalue weighted by Crippen LogP contribution is -2.43. The van der Waals surface area contributed by atoms with Crippen LogP contribution in [0.1, 0.15) is 54.4 Å². The third-order valence-corrected chi connectivity index (χ3v) is 10.4. The van der Waals surface area contributed by atoms with Crippen molar-refractivity contribution >= 4 is 8.07 Å². The van der Waals surface area contributed by atoms with E-state index >= 15 is 0 Å². The number of allylic oxidation sites excluding steroid dienone is 1. The number of hydrogen-bond donors (Lipinski definition) is 1. The van der Waals surface area contributed by atoms with Gasteiger partial charge in [-0.1, -0.05) is 53.5 Å². The second kappa shape index (κ2) is 9.06. The van der Waals surface area contributed by atoms with Crippen molar-refractivity contribution < 1.29 is 5.11 Å². The Labute approximate surface area is 126 Å². The van der Waals surface area contributed by atoms with Crippen LogP contribution in [0.15, 0.2) is 12.7 Å². The van der Waals surface area contributed by atoms with Crippen LogP contribution in [0.4, 0.5) is 0 Å². The van der Waals surface area contributed by atoms with Crippen LogP contribution in [-0.4, -0.2) is 19.3 Å². The fraction of sp³-hybridized carbons (Fsp3) is 0.667. The van der Waals surface area contributed by atoms with Crippen LogP contribution in [0, 0.1) is 23.3 Å². The molecule has 1 N–H and O–H groups in total. The first-order valence-corrected chi connectivity index (χ1v) is 9.83. The molecule has 0 aromatic carbocycles. The van der Waals surface area contributed by atoms with Gasteiger partial charge in [0, 0.05) is 0 Å². The van der Waals surface area contributed by atoms with Crippen molar-refractivity contribution in [2.24, 2.45) is 0 Å². The van der Waals surface area contributed by atoms with Gasteiger partial charge in [0.05, 0.1) is 0 Å². The van der Waals surface area contributed by atoms with Crippen LogP contribution >= 0.6 is 0 Å². The van der Waals surface area contributed by atoms with Crippen molar-refractivity contribution in [1.82, 2.24) is 0 Å². The zero-order valence-corrected chi connectivity index (χ0v) is 15.0. The van der Waals surface area contributed by atoms with Gasteiger partial charge >= 0.3 is 0 Å². The molecule has 0 heterocycles. The van der Waals surface area contributed by atoms with Gasteiger partial charge in [0.25, 0.3) is 0 Å². The standard InChI is InChI=1S/C18H30OSi/c1-8-9-12-18(19)13-10-11-14-20(15(2)3,16(4)5)17(6)7/h8,15-19H,1,9,12H2,2-7H3/t18-/m1/s1.